The first-order valence-corrected chi connectivity index (χ1v) is 12.0. The summed E-state index contributed by atoms with van der Waals surface area (Å²) in [6, 6.07) is 5.01. The topological polar surface area (TPSA) is 135 Å². The van der Waals surface area contributed by atoms with Gasteiger partial charge in [0.2, 0.25) is 10.0 Å². The van der Waals surface area contributed by atoms with Gasteiger partial charge in [-0.25, -0.2) is 8.42 Å². The lowest BCUT2D eigenvalue weighted by Gasteiger charge is -2.32. The van der Waals surface area contributed by atoms with Crippen LogP contribution < -0.4 is 11.1 Å². The minimum Gasteiger partial charge on any atom is -0.366 e. The molecule has 2 heterocycles. The maximum atomic E-state index is 13.5. The summed E-state index contributed by atoms with van der Waals surface area (Å²) in [6.45, 7) is 3.92. The molecule has 9 nitrogen and oxygen atoms in total. The number of carbonyl (C=O) groups is 2. The van der Waals surface area contributed by atoms with Gasteiger partial charge < -0.3 is 20.8 Å². The molecule has 2 amide bonds. The van der Waals surface area contributed by atoms with Crippen molar-refractivity contribution >= 4 is 48.7 Å². The zero-order valence-electron chi connectivity index (χ0n) is 16.8. The normalized spacial score (nSPS) is 18.1. The standard InChI is InChI=1S/C19H25BrN4O5S/c1-3-12(4-2)22-19(26)15-10-24(7-8-29-15)30(27,28)17-13-9-11(20)5-6-14(13)23-16(17)18(21)25/h5-6,9,12,15,23H,3-4,7-8,10H2,1-2H3,(H2,21,25)(H,22,26). The fraction of sp³-hybridized carbons (Fsp3) is 0.474. The SMILES string of the molecule is CCC(CC)NC(=O)C1CN(S(=O)(=O)c2c(C(N)=O)[nH]c3ccc(Br)cc23)CCO1. The number of nitrogens with zero attached hydrogens (tertiary/aromatic N) is 1. The summed E-state index contributed by atoms with van der Waals surface area (Å²) in [5.41, 5.74) is 5.74. The first kappa shape index (κ1) is 22.7. The molecular weight excluding hydrogens is 476 g/mol. The van der Waals surface area contributed by atoms with E-state index in [1.165, 1.54) is 4.31 Å². The number of benzene rings is 1. The lowest BCUT2D eigenvalue weighted by atomic mass is 10.1. The van der Waals surface area contributed by atoms with Gasteiger partial charge in [-0.2, -0.15) is 4.31 Å². The maximum absolute atomic E-state index is 13.5. The smallest absolute Gasteiger partial charge is 0.266 e. The monoisotopic (exact) mass is 500 g/mol. The number of hydrogen-bond acceptors (Lipinski definition) is 5. The number of fused-ring (bicyclic) bond motifs is 1. The van der Waals surface area contributed by atoms with Gasteiger partial charge in [0.05, 0.1) is 6.61 Å². The molecule has 1 saturated heterocycles. The van der Waals surface area contributed by atoms with Crippen molar-refractivity contribution in [2.24, 2.45) is 5.73 Å². The number of amides is 2. The Morgan fingerprint density at radius 2 is 2.07 bits per heavy atom. The first-order chi connectivity index (χ1) is 14.2. The van der Waals surface area contributed by atoms with Crippen LogP contribution in [0.3, 0.4) is 0 Å². The van der Waals surface area contributed by atoms with Crippen LogP contribution >= 0.6 is 15.9 Å². The number of nitrogens with one attached hydrogen (secondary N) is 2. The van der Waals surface area contributed by atoms with E-state index in [4.69, 9.17) is 10.5 Å². The third-order valence-corrected chi connectivity index (χ3v) is 7.66. The predicted molar refractivity (Wildman–Crippen MR) is 116 cm³/mol. The average Bonchev–Trinajstić information content (AvgIpc) is 3.11. The van der Waals surface area contributed by atoms with E-state index in [-0.39, 0.29) is 42.2 Å². The molecule has 1 aromatic heterocycles. The molecule has 1 aromatic carbocycles. The molecular formula is C19H25BrN4O5S. The molecule has 164 valence electrons. The number of sulfonamides is 1. The van der Waals surface area contributed by atoms with Gasteiger partial charge in [0.1, 0.15) is 16.7 Å². The van der Waals surface area contributed by atoms with Crippen molar-refractivity contribution in [2.75, 3.05) is 19.7 Å². The van der Waals surface area contributed by atoms with E-state index in [9.17, 15) is 18.0 Å². The van der Waals surface area contributed by atoms with Crippen molar-refractivity contribution in [3.63, 3.8) is 0 Å². The van der Waals surface area contributed by atoms with Gasteiger partial charge in [-0.05, 0) is 31.0 Å². The number of carbonyl (C=O) groups excluding carboxylic acids is 2. The summed E-state index contributed by atoms with van der Waals surface area (Å²) in [5.74, 6) is -1.22. The number of nitrogens with two attached hydrogens (primary N) is 1. The number of aromatic nitrogens is 1. The van der Waals surface area contributed by atoms with Crippen LogP contribution in [0.1, 0.15) is 37.2 Å². The second kappa shape index (κ2) is 9.04. The molecule has 1 aliphatic heterocycles. The van der Waals surface area contributed by atoms with Crippen molar-refractivity contribution in [3.8, 4) is 0 Å². The Morgan fingerprint density at radius 3 is 2.70 bits per heavy atom. The van der Waals surface area contributed by atoms with Crippen LogP contribution in [0.2, 0.25) is 0 Å². The summed E-state index contributed by atoms with van der Waals surface area (Å²) < 4.78 is 34.4. The van der Waals surface area contributed by atoms with Gasteiger partial charge in [0.25, 0.3) is 11.8 Å². The van der Waals surface area contributed by atoms with Crippen LogP contribution in [0.5, 0.6) is 0 Å². The number of halogens is 1. The predicted octanol–water partition coefficient (Wildman–Crippen LogP) is 1.72. The van der Waals surface area contributed by atoms with E-state index in [0.717, 1.165) is 12.8 Å². The van der Waals surface area contributed by atoms with E-state index in [0.29, 0.717) is 15.4 Å². The molecule has 11 heteroatoms. The lowest BCUT2D eigenvalue weighted by molar-refractivity contribution is -0.137. The van der Waals surface area contributed by atoms with Gasteiger partial charge in [-0.1, -0.05) is 29.8 Å². The molecule has 0 saturated carbocycles. The molecule has 2 aromatic rings. The highest BCUT2D eigenvalue weighted by atomic mass is 79.9. The first-order valence-electron chi connectivity index (χ1n) is 9.72. The van der Waals surface area contributed by atoms with Crippen LogP contribution in [0.25, 0.3) is 10.9 Å². The summed E-state index contributed by atoms with van der Waals surface area (Å²) >= 11 is 3.33. The van der Waals surface area contributed by atoms with E-state index in [1.807, 2.05) is 13.8 Å². The summed E-state index contributed by atoms with van der Waals surface area (Å²) in [6.07, 6.45) is 0.606. The molecule has 0 spiro atoms. The quantitative estimate of drug-likeness (QED) is 0.531. The van der Waals surface area contributed by atoms with E-state index >= 15 is 0 Å². The molecule has 30 heavy (non-hydrogen) atoms. The highest BCUT2D eigenvalue weighted by Crippen LogP contribution is 2.32. The second-order valence-electron chi connectivity index (χ2n) is 7.13. The van der Waals surface area contributed by atoms with Gasteiger partial charge in [0.15, 0.2) is 0 Å². The number of rotatable bonds is 7. The molecule has 1 atom stereocenters. The number of hydrogen-bond donors (Lipinski definition) is 3. The van der Waals surface area contributed by atoms with Crippen molar-refractivity contribution in [2.45, 2.75) is 43.7 Å². The molecule has 0 bridgehead atoms. The highest BCUT2D eigenvalue weighted by Gasteiger charge is 2.38. The molecule has 1 unspecified atom stereocenters. The van der Waals surface area contributed by atoms with Crippen molar-refractivity contribution in [1.82, 2.24) is 14.6 Å². The van der Waals surface area contributed by atoms with E-state index < -0.39 is 22.0 Å². The van der Waals surface area contributed by atoms with Crippen molar-refractivity contribution in [1.29, 1.82) is 0 Å². The fourth-order valence-electron chi connectivity index (χ4n) is 3.50. The van der Waals surface area contributed by atoms with Crippen LogP contribution in [-0.4, -0.2) is 61.4 Å². The molecule has 1 aliphatic rings. The Balaban J connectivity index is 1.95. The summed E-state index contributed by atoms with van der Waals surface area (Å²) in [5, 5.41) is 3.24. The maximum Gasteiger partial charge on any atom is 0.266 e. The third kappa shape index (κ3) is 4.39. The van der Waals surface area contributed by atoms with Crippen LogP contribution in [0.4, 0.5) is 0 Å². The second-order valence-corrected chi connectivity index (χ2v) is 9.92. The van der Waals surface area contributed by atoms with Gasteiger partial charge in [-0.3, -0.25) is 9.59 Å². The average molecular weight is 501 g/mol. The minimum atomic E-state index is -4.12. The Morgan fingerprint density at radius 1 is 1.37 bits per heavy atom. The van der Waals surface area contributed by atoms with E-state index in [1.54, 1.807) is 18.2 Å². The van der Waals surface area contributed by atoms with E-state index in [2.05, 4.69) is 26.2 Å². The van der Waals surface area contributed by atoms with Crippen LogP contribution in [0.15, 0.2) is 27.6 Å². The van der Waals surface area contributed by atoms with Crippen LogP contribution in [-0.2, 0) is 19.6 Å². The van der Waals surface area contributed by atoms with Crippen molar-refractivity contribution in [3.05, 3.63) is 28.4 Å². The third-order valence-electron chi connectivity index (χ3n) is 5.21. The van der Waals surface area contributed by atoms with Crippen molar-refractivity contribution < 1.29 is 22.7 Å². The number of H-pyrrole nitrogens is 1. The Hall–Kier alpha value is -1.95. The fourth-order valence-corrected chi connectivity index (χ4v) is 5.62. The Bertz CT molecular complexity index is 1060. The highest BCUT2D eigenvalue weighted by molar-refractivity contribution is 9.10. The zero-order valence-corrected chi connectivity index (χ0v) is 19.2. The molecule has 1 fully saturated rings. The van der Waals surface area contributed by atoms with Gasteiger partial charge in [0, 0.05) is 34.5 Å². The number of aromatic amines is 1. The largest absolute Gasteiger partial charge is 0.366 e. The number of ether oxygens (including phenoxy) is 1. The Labute approximate surface area is 183 Å². The lowest BCUT2D eigenvalue weighted by Crippen LogP contribution is -2.53. The van der Waals surface area contributed by atoms with Gasteiger partial charge in [-0.15, -0.1) is 0 Å². The number of primary amides is 1. The minimum absolute atomic E-state index is 0.000477. The zero-order chi connectivity index (χ0) is 22.1. The molecule has 0 radical (unpaired) electrons. The Kier molecular flexibility index (Phi) is 6.85. The summed E-state index contributed by atoms with van der Waals surface area (Å²) in [7, 11) is -4.12. The van der Waals surface area contributed by atoms with Crippen LogP contribution in [0, 0.1) is 0 Å². The van der Waals surface area contributed by atoms with Gasteiger partial charge >= 0.3 is 0 Å². The molecule has 3 rings (SSSR count). The molecule has 4 N–H and O–H groups in total. The number of morpholine rings is 1. The summed E-state index contributed by atoms with van der Waals surface area (Å²) in [4.78, 5) is 27.2. The molecule has 0 aliphatic carbocycles.